The predicted octanol–water partition coefficient (Wildman–Crippen LogP) is 1.48. The molecule has 0 saturated carbocycles. The molecule has 1 unspecified atom stereocenters. The average Bonchev–Trinajstić information content (AvgIpc) is 2.76. The number of rotatable bonds is 2. The van der Waals surface area contributed by atoms with Crippen LogP contribution in [0.2, 0.25) is 0 Å². The van der Waals surface area contributed by atoms with E-state index < -0.39 is 0 Å². The molecule has 0 spiro atoms. The van der Waals surface area contributed by atoms with E-state index in [2.05, 4.69) is 16.7 Å². The predicted molar refractivity (Wildman–Crippen MR) is 72.1 cm³/mol. The van der Waals surface area contributed by atoms with Crippen LogP contribution in [0.5, 0.6) is 0 Å². The number of nitrogens with one attached hydrogen (secondary N) is 2. The Kier molecular flexibility index (Phi) is 4.09. The fourth-order valence-corrected chi connectivity index (χ4v) is 2.46. The fraction of sp³-hybridized carbons (Fsp3) is 0.462. The lowest BCUT2D eigenvalue weighted by molar-refractivity contribution is -0.138. The van der Waals surface area contributed by atoms with Crippen LogP contribution in [-0.4, -0.2) is 25.2 Å². The van der Waals surface area contributed by atoms with Crippen LogP contribution in [0.1, 0.15) is 17.5 Å². The number of hydrogen-bond donors (Lipinski definition) is 2. The minimum atomic E-state index is -0.177. The summed E-state index contributed by atoms with van der Waals surface area (Å²) >= 11 is 0. The number of fused-ring (bicyclic) bond motifs is 1. The van der Waals surface area contributed by atoms with Gasteiger partial charge in [-0.3, -0.25) is 0 Å². The summed E-state index contributed by atoms with van der Waals surface area (Å²) in [5.41, 5.74) is 3.73. The Hall–Kier alpha value is -1.26. The van der Waals surface area contributed by atoms with Crippen LogP contribution in [0.25, 0.3) is 0 Å². The Morgan fingerprint density at radius 2 is 2.28 bits per heavy atom. The highest BCUT2D eigenvalue weighted by Crippen LogP contribution is 2.25. The lowest BCUT2D eigenvalue weighted by Crippen LogP contribution is -2.28. The normalized spacial score (nSPS) is 21.8. The quantitative estimate of drug-likeness (QED) is 0.798. The van der Waals surface area contributed by atoms with Gasteiger partial charge in [0.15, 0.2) is 0 Å². The van der Waals surface area contributed by atoms with Gasteiger partial charge in [-0.05, 0) is 30.2 Å². The maximum Gasteiger partial charge on any atom is 0.328 e. The second kappa shape index (κ2) is 5.59. The fourth-order valence-electron chi connectivity index (χ4n) is 2.46. The Bertz CT molecular complexity index is 451. The first-order valence-electron chi connectivity index (χ1n) is 6.09. The third-order valence-electron chi connectivity index (χ3n) is 3.41. The lowest BCUT2D eigenvalue weighted by atomic mass is 9.99. The van der Waals surface area contributed by atoms with Crippen molar-refractivity contribution in [2.45, 2.75) is 25.4 Å². The first-order chi connectivity index (χ1) is 8.34. The van der Waals surface area contributed by atoms with Gasteiger partial charge in [-0.15, -0.1) is 12.4 Å². The molecule has 1 saturated heterocycles. The minimum Gasteiger partial charge on any atom is -0.464 e. The zero-order valence-corrected chi connectivity index (χ0v) is 10.9. The smallest absolute Gasteiger partial charge is 0.328 e. The van der Waals surface area contributed by atoms with Crippen molar-refractivity contribution < 1.29 is 9.53 Å². The van der Waals surface area contributed by atoms with Gasteiger partial charge in [-0.1, -0.05) is 12.1 Å². The monoisotopic (exact) mass is 268 g/mol. The van der Waals surface area contributed by atoms with Crippen molar-refractivity contribution in [1.82, 2.24) is 5.32 Å². The van der Waals surface area contributed by atoms with E-state index >= 15 is 0 Å². The summed E-state index contributed by atoms with van der Waals surface area (Å²) < 4.78 is 4.96. The minimum absolute atomic E-state index is 0. The summed E-state index contributed by atoms with van der Waals surface area (Å²) in [5, 5.41) is 6.67. The maximum atomic E-state index is 11.4. The van der Waals surface area contributed by atoms with E-state index in [1.807, 2.05) is 12.1 Å². The molecular formula is C13H17ClN2O2. The molecule has 0 bridgehead atoms. The van der Waals surface area contributed by atoms with Gasteiger partial charge in [0.1, 0.15) is 6.04 Å². The van der Waals surface area contributed by atoms with E-state index in [1.165, 1.54) is 11.1 Å². The molecular weight excluding hydrogens is 252 g/mol. The summed E-state index contributed by atoms with van der Waals surface area (Å²) in [6.07, 6.45) is 1.82. The molecule has 3 rings (SSSR count). The Balaban J connectivity index is 0.00000120. The zero-order chi connectivity index (χ0) is 11.7. The van der Waals surface area contributed by atoms with Crippen LogP contribution in [-0.2, 0) is 22.5 Å². The van der Waals surface area contributed by atoms with Crippen LogP contribution in [0.15, 0.2) is 18.2 Å². The molecule has 18 heavy (non-hydrogen) atoms. The van der Waals surface area contributed by atoms with Gasteiger partial charge < -0.3 is 15.4 Å². The zero-order valence-electron chi connectivity index (χ0n) is 10.1. The molecule has 1 aromatic carbocycles. The summed E-state index contributed by atoms with van der Waals surface area (Å²) in [5.74, 6) is -0.133. The van der Waals surface area contributed by atoms with E-state index in [4.69, 9.17) is 4.74 Å². The Morgan fingerprint density at radius 1 is 1.39 bits per heavy atom. The Labute approximate surface area is 113 Å². The van der Waals surface area contributed by atoms with Crippen LogP contribution in [0.3, 0.4) is 0 Å². The van der Waals surface area contributed by atoms with Crippen LogP contribution < -0.4 is 10.6 Å². The Morgan fingerprint density at radius 3 is 3.06 bits per heavy atom. The number of benzene rings is 1. The molecule has 5 heteroatoms. The van der Waals surface area contributed by atoms with Gasteiger partial charge in [0.25, 0.3) is 0 Å². The van der Waals surface area contributed by atoms with E-state index in [9.17, 15) is 4.79 Å². The van der Waals surface area contributed by atoms with Crippen molar-refractivity contribution in [3.63, 3.8) is 0 Å². The number of carbonyl (C=O) groups excluding carboxylic acids is 1. The average molecular weight is 269 g/mol. The van der Waals surface area contributed by atoms with Crippen molar-refractivity contribution in [3.8, 4) is 0 Å². The molecule has 1 aromatic rings. The van der Waals surface area contributed by atoms with E-state index in [0.717, 1.165) is 31.6 Å². The van der Waals surface area contributed by atoms with Gasteiger partial charge in [-0.25, -0.2) is 4.79 Å². The van der Waals surface area contributed by atoms with Crippen molar-refractivity contribution in [2.75, 3.05) is 18.5 Å². The van der Waals surface area contributed by atoms with Crippen molar-refractivity contribution in [2.24, 2.45) is 0 Å². The number of anilines is 1. The number of cyclic esters (lactones) is 1. The van der Waals surface area contributed by atoms with Gasteiger partial charge in [-0.2, -0.15) is 0 Å². The second-order valence-electron chi connectivity index (χ2n) is 4.52. The molecule has 0 aliphatic carbocycles. The third-order valence-corrected chi connectivity index (χ3v) is 3.41. The first kappa shape index (κ1) is 13.2. The summed E-state index contributed by atoms with van der Waals surface area (Å²) in [7, 11) is 0. The molecule has 2 heterocycles. The summed E-state index contributed by atoms with van der Waals surface area (Å²) in [4.78, 5) is 11.4. The molecule has 2 aliphatic rings. The van der Waals surface area contributed by atoms with Gasteiger partial charge >= 0.3 is 5.97 Å². The first-order valence-corrected chi connectivity index (χ1v) is 6.09. The van der Waals surface area contributed by atoms with Crippen molar-refractivity contribution in [3.05, 3.63) is 29.3 Å². The largest absolute Gasteiger partial charge is 0.464 e. The van der Waals surface area contributed by atoms with Crippen molar-refractivity contribution in [1.29, 1.82) is 0 Å². The molecule has 0 aromatic heterocycles. The molecule has 0 amide bonds. The number of carbonyl (C=O) groups is 1. The lowest BCUT2D eigenvalue weighted by Gasteiger charge is -2.22. The second-order valence-corrected chi connectivity index (χ2v) is 4.52. The number of esters is 1. The molecule has 1 atom stereocenters. The summed E-state index contributed by atoms with van der Waals surface area (Å²) in [6.45, 7) is 2.44. The van der Waals surface area contributed by atoms with Crippen LogP contribution in [0, 0.1) is 0 Å². The molecule has 2 N–H and O–H groups in total. The van der Waals surface area contributed by atoms with Crippen molar-refractivity contribution >= 4 is 24.1 Å². The molecule has 98 valence electrons. The number of halogens is 1. The van der Waals surface area contributed by atoms with Crippen LogP contribution in [0.4, 0.5) is 5.69 Å². The van der Waals surface area contributed by atoms with E-state index in [0.29, 0.717) is 6.61 Å². The molecule has 0 radical (unpaired) electrons. The highest BCUT2D eigenvalue weighted by Gasteiger charge is 2.27. The van der Waals surface area contributed by atoms with Gasteiger partial charge in [0.05, 0.1) is 6.61 Å². The molecule has 4 nitrogen and oxygen atoms in total. The maximum absolute atomic E-state index is 11.4. The van der Waals surface area contributed by atoms with E-state index in [-0.39, 0.29) is 24.4 Å². The summed E-state index contributed by atoms with van der Waals surface area (Å²) in [6, 6.07) is 6.07. The standard InChI is InChI=1S/C13H16N2O2.ClH/c16-13-12(5-7-17-13)15-11-3-1-2-9-4-6-14-8-10(9)11;/h1-3,12,14-15H,4-8H2;1H. The van der Waals surface area contributed by atoms with Gasteiger partial charge in [0, 0.05) is 18.7 Å². The highest BCUT2D eigenvalue weighted by atomic mass is 35.5. The SMILES string of the molecule is Cl.O=C1OCCC1Nc1cccc2c1CNCC2. The topological polar surface area (TPSA) is 50.4 Å². The van der Waals surface area contributed by atoms with E-state index in [1.54, 1.807) is 0 Å². The molecule has 1 fully saturated rings. The third kappa shape index (κ3) is 2.44. The van der Waals surface area contributed by atoms with Crippen LogP contribution >= 0.6 is 12.4 Å². The van der Waals surface area contributed by atoms with Gasteiger partial charge in [0.2, 0.25) is 0 Å². The number of hydrogen-bond acceptors (Lipinski definition) is 4. The number of ether oxygens (including phenoxy) is 1. The highest BCUT2D eigenvalue weighted by molar-refractivity contribution is 5.85. The molecule has 2 aliphatic heterocycles.